The summed E-state index contributed by atoms with van der Waals surface area (Å²) in [4.78, 5) is 2.27. The second kappa shape index (κ2) is 8.16. The maximum atomic E-state index is 12.4. The van der Waals surface area contributed by atoms with Crippen LogP contribution in [0.2, 0.25) is 0 Å². The lowest BCUT2D eigenvalue weighted by Gasteiger charge is -2.35. The van der Waals surface area contributed by atoms with Gasteiger partial charge in [0, 0.05) is 39.8 Å². The summed E-state index contributed by atoms with van der Waals surface area (Å²) in [5, 5.41) is 3.21. The molecule has 0 aromatic heterocycles. The molecule has 0 aromatic carbocycles. The molecule has 0 bridgehead atoms. The van der Waals surface area contributed by atoms with Crippen molar-refractivity contribution >= 4 is 10.2 Å². The van der Waals surface area contributed by atoms with E-state index in [1.807, 2.05) is 6.92 Å². The molecule has 7 heteroatoms. The van der Waals surface area contributed by atoms with Gasteiger partial charge in [-0.2, -0.15) is 17.0 Å². The summed E-state index contributed by atoms with van der Waals surface area (Å²) < 4.78 is 27.8. The molecule has 1 heterocycles. The summed E-state index contributed by atoms with van der Waals surface area (Å²) in [6.07, 6.45) is 0.846. The molecule has 1 saturated heterocycles. The van der Waals surface area contributed by atoms with Crippen LogP contribution in [-0.4, -0.2) is 81.3 Å². The number of nitrogens with one attached hydrogen (secondary N) is 1. The van der Waals surface area contributed by atoms with Crippen LogP contribution in [0.1, 0.15) is 20.3 Å². The van der Waals surface area contributed by atoms with Gasteiger partial charge in [0.05, 0.1) is 0 Å². The highest BCUT2D eigenvalue weighted by atomic mass is 32.2. The molecule has 1 aliphatic heterocycles. The number of nitrogens with zero attached hydrogens (tertiary/aromatic N) is 3. The number of hydrogen-bond acceptors (Lipinski definition) is 4. The van der Waals surface area contributed by atoms with Gasteiger partial charge in [-0.1, -0.05) is 13.8 Å². The Balaban J connectivity index is 2.41. The fourth-order valence-electron chi connectivity index (χ4n) is 2.19. The van der Waals surface area contributed by atoms with Gasteiger partial charge in [0.2, 0.25) is 0 Å². The van der Waals surface area contributed by atoms with E-state index in [0.717, 1.165) is 39.1 Å². The molecule has 0 spiro atoms. The Morgan fingerprint density at radius 1 is 1.16 bits per heavy atom. The van der Waals surface area contributed by atoms with Crippen LogP contribution in [0.25, 0.3) is 0 Å². The van der Waals surface area contributed by atoms with Crippen molar-refractivity contribution in [2.45, 2.75) is 20.3 Å². The maximum absolute atomic E-state index is 12.4. The zero-order valence-electron chi connectivity index (χ0n) is 12.4. The van der Waals surface area contributed by atoms with E-state index in [2.05, 4.69) is 17.1 Å². The van der Waals surface area contributed by atoms with Gasteiger partial charge in [-0.05, 0) is 26.1 Å². The molecule has 0 aliphatic carbocycles. The van der Waals surface area contributed by atoms with Gasteiger partial charge in [-0.25, -0.2) is 0 Å². The molecule has 0 aromatic rings. The number of rotatable bonds is 8. The summed E-state index contributed by atoms with van der Waals surface area (Å²) in [5.74, 6) is 0. The van der Waals surface area contributed by atoms with E-state index in [0.29, 0.717) is 19.6 Å². The zero-order valence-corrected chi connectivity index (χ0v) is 13.2. The molecule has 0 unspecified atom stereocenters. The predicted molar refractivity (Wildman–Crippen MR) is 78.4 cm³/mol. The van der Waals surface area contributed by atoms with Gasteiger partial charge < -0.3 is 10.2 Å². The lowest BCUT2D eigenvalue weighted by molar-refractivity contribution is 0.190. The van der Waals surface area contributed by atoms with E-state index in [4.69, 9.17) is 0 Å². The largest absolute Gasteiger partial charge is 0.317 e. The van der Waals surface area contributed by atoms with E-state index in [-0.39, 0.29) is 0 Å². The smallest absolute Gasteiger partial charge is 0.281 e. The summed E-state index contributed by atoms with van der Waals surface area (Å²) in [7, 11) is -1.59. The molecule has 1 rings (SSSR count). The van der Waals surface area contributed by atoms with Gasteiger partial charge in [0.25, 0.3) is 10.2 Å². The Bertz CT molecular complexity index is 340. The van der Waals surface area contributed by atoms with Gasteiger partial charge in [-0.3, -0.25) is 0 Å². The highest BCUT2D eigenvalue weighted by Crippen LogP contribution is 2.10. The topological polar surface area (TPSA) is 55.9 Å². The van der Waals surface area contributed by atoms with E-state index >= 15 is 0 Å². The fourth-order valence-corrected chi connectivity index (χ4v) is 3.57. The van der Waals surface area contributed by atoms with Crippen molar-refractivity contribution in [3.05, 3.63) is 0 Å². The van der Waals surface area contributed by atoms with Crippen LogP contribution in [0.3, 0.4) is 0 Å². The van der Waals surface area contributed by atoms with Crippen molar-refractivity contribution in [3.63, 3.8) is 0 Å². The standard InChI is InChI=1S/C12H28N4O2S/c1-4-13-7-6-8-14(3)19(17,18)16-11-9-15(5-2)10-12-16/h13H,4-12H2,1-3H3. The van der Waals surface area contributed by atoms with Crippen LogP contribution in [0.4, 0.5) is 0 Å². The Morgan fingerprint density at radius 3 is 2.32 bits per heavy atom. The van der Waals surface area contributed by atoms with Crippen molar-refractivity contribution in [1.82, 2.24) is 18.8 Å². The SMILES string of the molecule is CCNCCCN(C)S(=O)(=O)N1CCN(CC)CC1. The van der Waals surface area contributed by atoms with Crippen molar-refractivity contribution in [2.75, 3.05) is 59.4 Å². The predicted octanol–water partition coefficient (Wildman–Crippen LogP) is -0.200. The first kappa shape index (κ1) is 16.8. The third kappa shape index (κ3) is 5.00. The summed E-state index contributed by atoms with van der Waals surface area (Å²) >= 11 is 0. The summed E-state index contributed by atoms with van der Waals surface area (Å²) in [6.45, 7) is 10.4. The Labute approximate surface area is 117 Å². The van der Waals surface area contributed by atoms with E-state index in [1.54, 1.807) is 11.4 Å². The molecule has 1 fully saturated rings. The van der Waals surface area contributed by atoms with Gasteiger partial charge in [-0.15, -0.1) is 0 Å². The van der Waals surface area contributed by atoms with Gasteiger partial charge in [0.15, 0.2) is 0 Å². The minimum Gasteiger partial charge on any atom is -0.317 e. The Hall–Kier alpha value is -0.210. The first-order valence-electron chi connectivity index (χ1n) is 7.16. The van der Waals surface area contributed by atoms with Crippen LogP contribution < -0.4 is 5.32 Å². The van der Waals surface area contributed by atoms with E-state index < -0.39 is 10.2 Å². The average Bonchev–Trinajstić information content (AvgIpc) is 2.43. The van der Waals surface area contributed by atoms with Crippen molar-refractivity contribution < 1.29 is 8.42 Å². The first-order chi connectivity index (χ1) is 9.02. The molecule has 6 nitrogen and oxygen atoms in total. The summed E-state index contributed by atoms with van der Waals surface area (Å²) in [6, 6.07) is 0. The van der Waals surface area contributed by atoms with Gasteiger partial charge in [0.1, 0.15) is 0 Å². The Morgan fingerprint density at radius 2 is 1.79 bits per heavy atom. The van der Waals surface area contributed by atoms with E-state index in [9.17, 15) is 8.42 Å². The number of hydrogen-bond donors (Lipinski definition) is 1. The third-order valence-electron chi connectivity index (χ3n) is 3.58. The molecule has 0 atom stereocenters. The molecule has 1 aliphatic rings. The molecule has 1 N–H and O–H groups in total. The third-order valence-corrected chi connectivity index (χ3v) is 5.56. The molecule has 0 amide bonds. The number of piperazine rings is 1. The van der Waals surface area contributed by atoms with E-state index in [1.165, 1.54) is 4.31 Å². The molecule has 114 valence electrons. The zero-order chi connectivity index (χ0) is 14.3. The monoisotopic (exact) mass is 292 g/mol. The minimum absolute atomic E-state index is 0.573. The highest BCUT2D eigenvalue weighted by Gasteiger charge is 2.29. The maximum Gasteiger partial charge on any atom is 0.281 e. The minimum atomic E-state index is -3.27. The Kier molecular flexibility index (Phi) is 7.23. The average molecular weight is 292 g/mol. The lowest BCUT2D eigenvalue weighted by Crippen LogP contribution is -2.52. The van der Waals surface area contributed by atoms with Crippen molar-refractivity contribution in [3.8, 4) is 0 Å². The molecule has 0 radical (unpaired) electrons. The molecule has 19 heavy (non-hydrogen) atoms. The lowest BCUT2D eigenvalue weighted by atomic mass is 10.4. The van der Waals surface area contributed by atoms with Gasteiger partial charge >= 0.3 is 0 Å². The second-order valence-corrected chi connectivity index (χ2v) is 6.91. The molecule has 0 saturated carbocycles. The number of likely N-dealkylation sites (N-methyl/N-ethyl adjacent to an activating group) is 1. The summed E-state index contributed by atoms with van der Waals surface area (Å²) in [5.41, 5.74) is 0. The highest BCUT2D eigenvalue weighted by molar-refractivity contribution is 7.86. The molecular weight excluding hydrogens is 264 g/mol. The van der Waals surface area contributed by atoms with Crippen LogP contribution in [0, 0.1) is 0 Å². The van der Waals surface area contributed by atoms with Crippen LogP contribution in [0.15, 0.2) is 0 Å². The van der Waals surface area contributed by atoms with Crippen LogP contribution in [-0.2, 0) is 10.2 Å². The van der Waals surface area contributed by atoms with Crippen LogP contribution >= 0.6 is 0 Å². The van der Waals surface area contributed by atoms with Crippen LogP contribution in [0.5, 0.6) is 0 Å². The quantitative estimate of drug-likeness (QED) is 0.630. The molecular formula is C12H28N4O2S. The van der Waals surface area contributed by atoms with Crippen molar-refractivity contribution in [1.29, 1.82) is 0 Å². The first-order valence-corrected chi connectivity index (χ1v) is 8.56. The van der Waals surface area contributed by atoms with Crippen molar-refractivity contribution in [2.24, 2.45) is 0 Å². The second-order valence-electron chi connectivity index (χ2n) is 4.87. The normalized spacial score (nSPS) is 19.2. The fraction of sp³-hybridized carbons (Fsp3) is 1.00.